The molecule has 3 rings (SSSR count). The molecule has 0 bridgehead atoms. The van der Waals surface area contributed by atoms with Gasteiger partial charge in [0.2, 0.25) is 0 Å². The molecular formula is C17H12BrFN2O4S. The number of nitrogens with one attached hydrogen (secondary N) is 2. The highest BCUT2D eigenvalue weighted by Gasteiger charge is 2.20. The summed E-state index contributed by atoms with van der Waals surface area (Å²) in [6, 6.07) is 11.1. The Morgan fingerprint density at radius 3 is 2.38 bits per heavy atom. The summed E-state index contributed by atoms with van der Waals surface area (Å²) in [6.07, 6.45) is 2.57. The van der Waals surface area contributed by atoms with Crippen molar-refractivity contribution in [1.29, 1.82) is 0 Å². The van der Waals surface area contributed by atoms with Gasteiger partial charge in [-0.25, -0.2) is 12.8 Å². The first-order chi connectivity index (χ1) is 12.3. The summed E-state index contributed by atoms with van der Waals surface area (Å²) < 4.78 is 46.9. The Balaban J connectivity index is 1.86. The number of halogens is 2. The topological polar surface area (TPSA) is 88.4 Å². The van der Waals surface area contributed by atoms with Crippen molar-refractivity contribution in [2.24, 2.45) is 0 Å². The van der Waals surface area contributed by atoms with E-state index in [1.807, 2.05) is 0 Å². The molecule has 0 radical (unpaired) electrons. The monoisotopic (exact) mass is 438 g/mol. The maximum Gasteiger partial charge on any atom is 0.264 e. The molecule has 134 valence electrons. The van der Waals surface area contributed by atoms with Gasteiger partial charge in [-0.1, -0.05) is 15.9 Å². The third-order valence-electron chi connectivity index (χ3n) is 3.36. The van der Waals surface area contributed by atoms with E-state index in [9.17, 15) is 17.6 Å². The zero-order valence-electron chi connectivity index (χ0n) is 13.1. The third-order valence-corrected chi connectivity index (χ3v) is 5.28. The third kappa shape index (κ3) is 4.12. The van der Waals surface area contributed by atoms with Crippen LogP contribution in [0.4, 0.5) is 15.8 Å². The highest BCUT2D eigenvalue weighted by Crippen LogP contribution is 2.23. The molecule has 9 heteroatoms. The Morgan fingerprint density at radius 2 is 1.73 bits per heavy atom. The van der Waals surface area contributed by atoms with Crippen LogP contribution >= 0.6 is 15.9 Å². The Morgan fingerprint density at radius 1 is 1.04 bits per heavy atom. The van der Waals surface area contributed by atoms with E-state index in [1.165, 1.54) is 36.8 Å². The van der Waals surface area contributed by atoms with Crippen LogP contribution in [0, 0.1) is 5.82 Å². The Bertz CT molecular complexity index is 1040. The van der Waals surface area contributed by atoms with Gasteiger partial charge in [0.05, 0.1) is 11.8 Å². The van der Waals surface area contributed by atoms with Crippen molar-refractivity contribution in [1.82, 2.24) is 0 Å². The average molecular weight is 439 g/mol. The van der Waals surface area contributed by atoms with Crippen molar-refractivity contribution in [3.8, 4) is 0 Å². The highest BCUT2D eigenvalue weighted by atomic mass is 79.9. The van der Waals surface area contributed by atoms with Crippen molar-refractivity contribution in [2.75, 3.05) is 10.0 Å². The van der Waals surface area contributed by atoms with Crippen LogP contribution in [0.5, 0.6) is 0 Å². The van der Waals surface area contributed by atoms with Gasteiger partial charge in [0, 0.05) is 15.8 Å². The van der Waals surface area contributed by atoms with Gasteiger partial charge in [0.25, 0.3) is 15.9 Å². The zero-order chi connectivity index (χ0) is 18.7. The molecule has 2 aromatic carbocycles. The first-order valence-corrected chi connectivity index (χ1v) is 9.54. The normalized spacial score (nSPS) is 11.2. The summed E-state index contributed by atoms with van der Waals surface area (Å²) >= 11 is 3.25. The van der Waals surface area contributed by atoms with Crippen LogP contribution in [-0.4, -0.2) is 14.3 Å². The predicted molar refractivity (Wildman–Crippen MR) is 98.0 cm³/mol. The second kappa shape index (κ2) is 7.30. The predicted octanol–water partition coefficient (Wildman–Crippen LogP) is 4.23. The molecule has 0 atom stereocenters. The first kappa shape index (κ1) is 18.2. The van der Waals surface area contributed by atoms with E-state index in [2.05, 4.69) is 26.0 Å². The molecule has 0 fully saturated rings. The summed E-state index contributed by atoms with van der Waals surface area (Å²) in [5.41, 5.74) is 0.668. The van der Waals surface area contributed by atoms with Crippen LogP contribution in [-0.2, 0) is 10.0 Å². The number of hydrogen-bond acceptors (Lipinski definition) is 4. The standard InChI is InChI=1S/C17H12BrFN2O4S/c18-12-1-3-13(4-2-12)21-26(23,24)16-9-14(5-6-15(16)19)20-17(22)11-7-8-25-10-11/h1-10,21H,(H,20,22). The lowest BCUT2D eigenvalue weighted by Gasteiger charge is -2.11. The minimum Gasteiger partial charge on any atom is -0.472 e. The maximum absolute atomic E-state index is 14.1. The quantitative estimate of drug-likeness (QED) is 0.623. The molecule has 0 aliphatic heterocycles. The zero-order valence-corrected chi connectivity index (χ0v) is 15.5. The van der Waals surface area contributed by atoms with Crippen LogP contribution in [0.1, 0.15) is 10.4 Å². The van der Waals surface area contributed by atoms with Gasteiger partial charge in [-0.05, 0) is 48.5 Å². The molecule has 26 heavy (non-hydrogen) atoms. The first-order valence-electron chi connectivity index (χ1n) is 7.27. The van der Waals surface area contributed by atoms with Crippen molar-refractivity contribution in [3.63, 3.8) is 0 Å². The Hall–Kier alpha value is -2.65. The average Bonchev–Trinajstić information content (AvgIpc) is 3.13. The van der Waals surface area contributed by atoms with Gasteiger partial charge < -0.3 is 9.73 Å². The molecule has 0 aliphatic rings. The van der Waals surface area contributed by atoms with E-state index in [0.29, 0.717) is 0 Å². The molecule has 0 saturated heterocycles. The number of carbonyl (C=O) groups is 1. The minimum absolute atomic E-state index is 0.133. The number of hydrogen-bond donors (Lipinski definition) is 2. The SMILES string of the molecule is O=C(Nc1ccc(F)c(S(=O)(=O)Nc2ccc(Br)cc2)c1)c1ccoc1. The molecule has 0 spiro atoms. The lowest BCUT2D eigenvalue weighted by atomic mass is 10.2. The van der Waals surface area contributed by atoms with Gasteiger partial charge in [-0.3, -0.25) is 9.52 Å². The Labute approximate surface area is 157 Å². The van der Waals surface area contributed by atoms with Crippen molar-refractivity contribution >= 4 is 43.2 Å². The summed E-state index contributed by atoms with van der Waals surface area (Å²) in [6.45, 7) is 0. The van der Waals surface area contributed by atoms with E-state index < -0.39 is 26.6 Å². The molecule has 1 heterocycles. The van der Waals surface area contributed by atoms with Crippen LogP contribution in [0.2, 0.25) is 0 Å². The van der Waals surface area contributed by atoms with E-state index in [0.717, 1.165) is 16.6 Å². The van der Waals surface area contributed by atoms with Gasteiger partial charge in [0.15, 0.2) is 0 Å². The van der Waals surface area contributed by atoms with Crippen molar-refractivity contribution < 1.29 is 22.0 Å². The fraction of sp³-hybridized carbons (Fsp3) is 0. The molecule has 6 nitrogen and oxygen atoms in total. The second-order valence-electron chi connectivity index (χ2n) is 5.22. The molecule has 1 amide bonds. The number of furan rings is 1. The largest absolute Gasteiger partial charge is 0.472 e. The van der Waals surface area contributed by atoms with Gasteiger partial charge in [0.1, 0.15) is 17.0 Å². The summed E-state index contributed by atoms with van der Waals surface area (Å²) in [5.74, 6) is -1.44. The van der Waals surface area contributed by atoms with Crippen molar-refractivity contribution in [2.45, 2.75) is 4.90 Å². The van der Waals surface area contributed by atoms with E-state index in [1.54, 1.807) is 12.1 Å². The molecule has 0 aliphatic carbocycles. The highest BCUT2D eigenvalue weighted by molar-refractivity contribution is 9.10. The summed E-state index contributed by atoms with van der Waals surface area (Å²) in [4.78, 5) is 11.4. The fourth-order valence-electron chi connectivity index (χ4n) is 2.11. The second-order valence-corrected chi connectivity index (χ2v) is 7.79. The van der Waals surface area contributed by atoms with Crippen LogP contribution in [0.25, 0.3) is 0 Å². The van der Waals surface area contributed by atoms with Gasteiger partial charge >= 0.3 is 0 Å². The minimum atomic E-state index is -4.18. The number of benzene rings is 2. The molecule has 2 N–H and O–H groups in total. The molecule has 3 aromatic rings. The van der Waals surface area contributed by atoms with Crippen LogP contribution < -0.4 is 10.0 Å². The number of sulfonamides is 1. The summed E-state index contributed by atoms with van der Waals surface area (Å²) in [7, 11) is -4.18. The lowest BCUT2D eigenvalue weighted by Crippen LogP contribution is -2.16. The van der Waals surface area contributed by atoms with Gasteiger partial charge in [-0.2, -0.15) is 0 Å². The number of rotatable bonds is 5. The summed E-state index contributed by atoms with van der Waals surface area (Å²) in [5, 5.41) is 2.49. The Kier molecular flexibility index (Phi) is 5.10. The number of anilines is 2. The number of carbonyl (C=O) groups excluding carboxylic acids is 1. The molecule has 1 aromatic heterocycles. The maximum atomic E-state index is 14.1. The van der Waals surface area contributed by atoms with E-state index in [-0.39, 0.29) is 16.9 Å². The van der Waals surface area contributed by atoms with Gasteiger partial charge in [-0.15, -0.1) is 0 Å². The van der Waals surface area contributed by atoms with Crippen LogP contribution in [0.3, 0.4) is 0 Å². The van der Waals surface area contributed by atoms with Crippen molar-refractivity contribution in [3.05, 3.63) is 76.9 Å². The smallest absolute Gasteiger partial charge is 0.264 e. The van der Waals surface area contributed by atoms with E-state index >= 15 is 0 Å². The molecule has 0 unspecified atom stereocenters. The lowest BCUT2D eigenvalue weighted by molar-refractivity contribution is 0.102. The fourth-order valence-corrected chi connectivity index (χ4v) is 3.54. The molecule has 0 saturated carbocycles. The molecular weight excluding hydrogens is 427 g/mol. The van der Waals surface area contributed by atoms with Crippen LogP contribution in [0.15, 0.2) is 74.8 Å². The van der Waals surface area contributed by atoms with E-state index in [4.69, 9.17) is 4.42 Å². The number of amides is 1.